The summed E-state index contributed by atoms with van der Waals surface area (Å²) in [5.74, 6) is -0.221. The summed E-state index contributed by atoms with van der Waals surface area (Å²) < 4.78 is 0. The second kappa shape index (κ2) is 9.64. The van der Waals surface area contributed by atoms with Crippen molar-refractivity contribution in [2.75, 3.05) is 4.90 Å². The number of aromatic nitrogens is 1. The molecule has 0 bridgehead atoms. The van der Waals surface area contributed by atoms with Crippen molar-refractivity contribution in [3.63, 3.8) is 0 Å². The fourth-order valence-electron chi connectivity index (χ4n) is 5.49. The van der Waals surface area contributed by atoms with E-state index in [1.165, 1.54) is 0 Å². The van der Waals surface area contributed by atoms with E-state index in [0.29, 0.717) is 6.54 Å². The van der Waals surface area contributed by atoms with Gasteiger partial charge in [-0.05, 0) is 22.8 Å². The standard InChI is InChI=1S/C33H26N2OS/c1-2-27(25-16-8-4-9-17-25)33(30-22-34-31(37-30)26-18-10-5-11-19-26)28-20-12-13-21-29(28)35(32(33)36)23-24-14-6-3-7-15-24/h2-22,27H,1,23H2. The zero-order valence-corrected chi connectivity index (χ0v) is 21.1. The molecule has 0 saturated heterocycles. The van der Waals surface area contributed by atoms with Crippen LogP contribution in [-0.4, -0.2) is 10.9 Å². The van der Waals surface area contributed by atoms with Gasteiger partial charge in [-0.15, -0.1) is 17.9 Å². The Morgan fingerprint density at radius 3 is 2.16 bits per heavy atom. The van der Waals surface area contributed by atoms with E-state index in [4.69, 9.17) is 4.98 Å². The van der Waals surface area contributed by atoms with Crippen molar-refractivity contribution in [1.82, 2.24) is 4.98 Å². The van der Waals surface area contributed by atoms with Gasteiger partial charge in [-0.25, -0.2) is 4.98 Å². The second-order valence-corrected chi connectivity index (χ2v) is 10.3. The summed E-state index contributed by atoms with van der Waals surface area (Å²) in [5.41, 5.74) is 4.15. The summed E-state index contributed by atoms with van der Waals surface area (Å²) in [6.45, 7) is 4.75. The lowest BCUT2D eigenvalue weighted by molar-refractivity contribution is -0.122. The molecule has 4 heteroatoms. The predicted molar refractivity (Wildman–Crippen MR) is 152 cm³/mol. The molecule has 0 spiro atoms. The minimum Gasteiger partial charge on any atom is -0.307 e. The molecule has 2 atom stereocenters. The van der Waals surface area contributed by atoms with Crippen molar-refractivity contribution >= 4 is 22.9 Å². The third-order valence-electron chi connectivity index (χ3n) is 7.16. The Morgan fingerprint density at radius 1 is 0.838 bits per heavy atom. The molecule has 1 aliphatic heterocycles. The summed E-state index contributed by atoms with van der Waals surface area (Å²) in [4.78, 5) is 22.5. The van der Waals surface area contributed by atoms with Crippen LogP contribution >= 0.6 is 11.3 Å². The number of hydrogen-bond acceptors (Lipinski definition) is 3. The molecule has 1 amide bonds. The predicted octanol–water partition coefficient (Wildman–Crippen LogP) is 7.61. The summed E-state index contributed by atoms with van der Waals surface area (Å²) in [5, 5.41) is 0.901. The number of rotatable bonds is 7. The van der Waals surface area contributed by atoms with Gasteiger partial charge in [-0.3, -0.25) is 4.79 Å². The molecule has 4 aromatic carbocycles. The van der Waals surface area contributed by atoms with Crippen LogP contribution in [0.2, 0.25) is 0 Å². The molecule has 0 fully saturated rings. The Hall–Kier alpha value is -4.28. The van der Waals surface area contributed by atoms with Gasteiger partial charge in [0.1, 0.15) is 10.4 Å². The van der Waals surface area contributed by atoms with Crippen LogP contribution in [0.3, 0.4) is 0 Å². The Bertz CT molecular complexity index is 1550. The van der Waals surface area contributed by atoms with Gasteiger partial charge in [-0.1, -0.05) is 115 Å². The first-order valence-electron chi connectivity index (χ1n) is 12.4. The third kappa shape index (κ3) is 3.81. The van der Waals surface area contributed by atoms with Crippen molar-refractivity contribution in [2.24, 2.45) is 0 Å². The van der Waals surface area contributed by atoms with Gasteiger partial charge in [-0.2, -0.15) is 0 Å². The summed E-state index contributed by atoms with van der Waals surface area (Å²) in [6, 6.07) is 38.7. The van der Waals surface area contributed by atoms with Crippen LogP contribution in [0.4, 0.5) is 5.69 Å². The van der Waals surface area contributed by atoms with E-state index in [9.17, 15) is 4.79 Å². The number of allylic oxidation sites excluding steroid dienone is 1. The van der Waals surface area contributed by atoms with Crippen LogP contribution in [0.5, 0.6) is 0 Å². The molecule has 2 unspecified atom stereocenters. The SMILES string of the molecule is C=CC(c1ccccc1)C1(c2cnc(-c3ccccc3)s2)C(=O)N(Cc2ccccc2)c2ccccc21. The van der Waals surface area contributed by atoms with Crippen LogP contribution in [0.1, 0.15) is 27.5 Å². The van der Waals surface area contributed by atoms with E-state index < -0.39 is 5.41 Å². The maximum atomic E-state index is 14.9. The number of amides is 1. The Labute approximate surface area is 221 Å². The number of hydrogen-bond donors (Lipinski definition) is 0. The van der Waals surface area contributed by atoms with Crippen LogP contribution in [0.15, 0.2) is 134 Å². The zero-order chi connectivity index (χ0) is 25.2. The number of carbonyl (C=O) groups excluding carboxylic acids is 1. The van der Waals surface area contributed by atoms with Crippen LogP contribution < -0.4 is 4.90 Å². The Morgan fingerprint density at radius 2 is 1.46 bits per heavy atom. The first kappa shape index (κ1) is 23.1. The lowest BCUT2D eigenvalue weighted by Gasteiger charge is -2.34. The van der Waals surface area contributed by atoms with Crippen molar-refractivity contribution in [3.8, 4) is 10.6 Å². The number of para-hydroxylation sites is 1. The van der Waals surface area contributed by atoms with Crippen molar-refractivity contribution in [2.45, 2.75) is 17.9 Å². The van der Waals surface area contributed by atoms with Crippen LogP contribution in [0.25, 0.3) is 10.6 Å². The van der Waals surface area contributed by atoms with Crippen LogP contribution in [-0.2, 0) is 16.8 Å². The minimum atomic E-state index is -0.973. The zero-order valence-electron chi connectivity index (χ0n) is 20.3. The Balaban J connectivity index is 1.59. The fraction of sp³-hybridized carbons (Fsp3) is 0.0909. The highest BCUT2D eigenvalue weighted by Gasteiger charge is 2.57. The maximum absolute atomic E-state index is 14.9. The third-order valence-corrected chi connectivity index (χ3v) is 8.34. The van der Waals surface area contributed by atoms with Gasteiger partial charge in [0.15, 0.2) is 0 Å². The first-order chi connectivity index (χ1) is 18.2. The van der Waals surface area contributed by atoms with Gasteiger partial charge >= 0.3 is 0 Å². The van der Waals surface area contributed by atoms with Gasteiger partial charge in [0, 0.05) is 28.2 Å². The number of benzene rings is 4. The van der Waals surface area contributed by atoms with E-state index in [-0.39, 0.29) is 11.8 Å². The molecular formula is C33H26N2OS. The average molecular weight is 499 g/mol. The molecule has 37 heavy (non-hydrogen) atoms. The van der Waals surface area contributed by atoms with Gasteiger partial charge in [0.05, 0.1) is 6.54 Å². The van der Waals surface area contributed by atoms with Crippen molar-refractivity contribution < 1.29 is 4.79 Å². The average Bonchev–Trinajstić information content (AvgIpc) is 3.54. The molecule has 0 N–H and O–H groups in total. The molecule has 0 saturated carbocycles. The monoisotopic (exact) mass is 498 g/mol. The largest absolute Gasteiger partial charge is 0.307 e. The smallest absolute Gasteiger partial charge is 0.244 e. The first-order valence-corrected chi connectivity index (χ1v) is 13.2. The molecule has 5 aromatic rings. The van der Waals surface area contributed by atoms with Crippen LogP contribution in [0, 0.1) is 0 Å². The topological polar surface area (TPSA) is 33.2 Å². The number of carbonyl (C=O) groups is 1. The maximum Gasteiger partial charge on any atom is 0.244 e. The quantitative estimate of drug-likeness (QED) is 0.216. The highest BCUT2D eigenvalue weighted by atomic mass is 32.1. The lowest BCUT2D eigenvalue weighted by Crippen LogP contribution is -2.44. The number of anilines is 1. The van der Waals surface area contributed by atoms with Gasteiger partial charge < -0.3 is 4.90 Å². The van der Waals surface area contributed by atoms with E-state index in [1.54, 1.807) is 11.3 Å². The van der Waals surface area contributed by atoms with Crippen molar-refractivity contribution in [1.29, 1.82) is 0 Å². The summed E-state index contributed by atoms with van der Waals surface area (Å²) in [6.07, 6.45) is 3.82. The number of nitrogens with zero attached hydrogens (tertiary/aromatic N) is 2. The minimum absolute atomic E-state index is 0.0505. The van der Waals surface area contributed by atoms with E-state index in [0.717, 1.165) is 37.8 Å². The van der Waals surface area contributed by atoms with E-state index in [2.05, 4.69) is 55.1 Å². The molecule has 180 valence electrons. The molecule has 0 aliphatic carbocycles. The lowest BCUT2D eigenvalue weighted by atomic mass is 9.67. The highest BCUT2D eigenvalue weighted by Crippen LogP contribution is 2.56. The molecule has 1 aromatic heterocycles. The number of thiazole rings is 1. The molecular weight excluding hydrogens is 472 g/mol. The van der Waals surface area contributed by atoms with Gasteiger partial charge in [0.2, 0.25) is 5.91 Å². The molecule has 6 rings (SSSR count). The summed E-state index contributed by atoms with van der Waals surface area (Å²) in [7, 11) is 0. The molecule has 2 heterocycles. The van der Waals surface area contributed by atoms with Crippen molar-refractivity contribution in [3.05, 3.63) is 156 Å². The molecule has 0 radical (unpaired) electrons. The summed E-state index contributed by atoms with van der Waals surface area (Å²) >= 11 is 1.59. The molecule has 1 aliphatic rings. The normalized spacial score (nSPS) is 17.4. The number of fused-ring (bicyclic) bond motifs is 1. The fourth-order valence-corrected chi connectivity index (χ4v) is 6.65. The van der Waals surface area contributed by atoms with E-state index in [1.807, 2.05) is 83.9 Å². The highest BCUT2D eigenvalue weighted by molar-refractivity contribution is 7.15. The van der Waals surface area contributed by atoms with Gasteiger partial charge in [0.25, 0.3) is 0 Å². The Kier molecular flexibility index (Phi) is 6.03. The van der Waals surface area contributed by atoms with E-state index >= 15 is 0 Å². The molecule has 3 nitrogen and oxygen atoms in total. The second-order valence-electron chi connectivity index (χ2n) is 9.22.